The van der Waals surface area contributed by atoms with Crippen molar-refractivity contribution >= 4 is 32.6 Å². The lowest BCUT2D eigenvalue weighted by Crippen LogP contribution is -2.54. The Kier molecular flexibility index (Phi) is 7.73. The number of pyridine rings is 2. The minimum atomic E-state index is -3.93. The summed E-state index contributed by atoms with van der Waals surface area (Å²) in [6.07, 6.45) is 3.69. The molecule has 1 aromatic carbocycles. The van der Waals surface area contributed by atoms with Crippen molar-refractivity contribution < 1.29 is 27.1 Å². The van der Waals surface area contributed by atoms with E-state index in [1.165, 1.54) is 30.5 Å². The Hall–Kier alpha value is -4.72. The Morgan fingerprint density at radius 3 is 2.56 bits per heavy atom. The predicted octanol–water partition coefficient (Wildman–Crippen LogP) is 3.02. The molecule has 4 heterocycles. The fourth-order valence-corrected chi connectivity index (χ4v) is 6.19. The number of aromatic nitrogens is 4. The number of amides is 1. The Labute approximate surface area is 245 Å². The summed E-state index contributed by atoms with van der Waals surface area (Å²) in [6, 6.07) is 5.32. The zero-order chi connectivity index (χ0) is 31.2. The number of aryl methyl sites for hydroxylation is 1. The molecule has 0 bridgehead atoms. The molecule has 14 heteroatoms. The standard InChI is InChI=1S/C29H28F2N6O5S/c1-5-20-26(22(10-11-32-20)43(4,41)42)37-28-17(14-19(31)25(33-28)24-18(30)8-7-9-21(24)38)27(34-29(37)40)36-13-12-35(15-16(36)3)23(39)6-2/h6-11,14,16,38H,2,5,12-13,15H2,1,3-4H3/t16-/m0/s1. The van der Waals surface area contributed by atoms with E-state index in [9.17, 15) is 27.5 Å². The second kappa shape index (κ2) is 11.2. The molecule has 0 unspecified atom stereocenters. The number of piperazine rings is 1. The number of sulfone groups is 1. The summed E-state index contributed by atoms with van der Waals surface area (Å²) in [7, 11) is -3.93. The highest BCUT2D eigenvalue weighted by Crippen LogP contribution is 2.36. The maximum Gasteiger partial charge on any atom is 0.355 e. The van der Waals surface area contributed by atoms with Crippen LogP contribution in [-0.4, -0.2) is 75.8 Å². The fraction of sp³-hybridized carbons (Fsp3) is 0.276. The van der Waals surface area contributed by atoms with Gasteiger partial charge in [0.1, 0.15) is 23.1 Å². The molecule has 1 aliphatic heterocycles. The predicted molar refractivity (Wildman–Crippen MR) is 156 cm³/mol. The first kappa shape index (κ1) is 29.8. The lowest BCUT2D eigenvalue weighted by Gasteiger charge is -2.40. The van der Waals surface area contributed by atoms with Gasteiger partial charge in [-0.15, -0.1) is 0 Å². The zero-order valence-electron chi connectivity index (χ0n) is 23.6. The van der Waals surface area contributed by atoms with Crippen molar-refractivity contribution in [3.05, 3.63) is 77.0 Å². The number of phenolic OH excluding ortho intramolecular Hbond substituents is 1. The van der Waals surface area contributed by atoms with E-state index in [1.807, 2.05) is 0 Å². The van der Waals surface area contributed by atoms with Crippen LogP contribution in [0.5, 0.6) is 5.75 Å². The summed E-state index contributed by atoms with van der Waals surface area (Å²) in [5.74, 6) is -2.78. The molecule has 1 fully saturated rings. The summed E-state index contributed by atoms with van der Waals surface area (Å²) >= 11 is 0. The van der Waals surface area contributed by atoms with Gasteiger partial charge in [-0.25, -0.2) is 31.5 Å². The van der Waals surface area contributed by atoms with Crippen molar-refractivity contribution in [1.82, 2.24) is 24.4 Å². The van der Waals surface area contributed by atoms with Gasteiger partial charge in [-0.3, -0.25) is 9.78 Å². The van der Waals surface area contributed by atoms with Crippen LogP contribution in [0, 0.1) is 11.6 Å². The molecule has 0 radical (unpaired) electrons. The Morgan fingerprint density at radius 2 is 1.93 bits per heavy atom. The molecule has 224 valence electrons. The Bertz CT molecular complexity index is 1940. The summed E-state index contributed by atoms with van der Waals surface area (Å²) < 4.78 is 57.4. The van der Waals surface area contributed by atoms with Crippen LogP contribution in [0.2, 0.25) is 0 Å². The topological polar surface area (TPSA) is 139 Å². The minimum Gasteiger partial charge on any atom is -0.507 e. The van der Waals surface area contributed by atoms with Gasteiger partial charge in [0, 0.05) is 38.1 Å². The first-order valence-corrected chi connectivity index (χ1v) is 15.2. The Morgan fingerprint density at radius 1 is 1.19 bits per heavy atom. The number of phenols is 1. The normalized spacial score (nSPS) is 15.6. The van der Waals surface area contributed by atoms with Gasteiger partial charge in [0.15, 0.2) is 21.3 Å². The molecule has 1 amide bonds. The molecule has 1 saturated heterocycles. The van der Waals surface area contributed by atoms with Gasteiger partial charge in [0.2, 0.25) is 5.91 Å². The minimum absolute atomic E-state index is 0.0254. The first-order valence-electron chi connectivity index (χ1n) is 13.3. The number of hydrogen-bond donors (Lipinski definition) is 1. The molecule has 0 saturated carbocycles. The number of anilines is 1. The molecule has 5 rings (SSSR count). The number of carbonyl (C=O) groups is 1. The highest BCUT2D eigenvalue weighted by molar-refractivity contribution is 7.90. The third kappa shape index (κ3) is 5.22. The molecule has 1 aliphatic rings. The second-order valence-corrected chi connectivity index (χ2v) is 12.1. The van der Waals surface area contributed by atoms with Crippen LogP contribution in [0.4, 0.5) is 14.6 Å². The molecule has 0 spiro atoms. The first-order chi connectivity index (χ1) is 20.4. The fourth-order valence-electron chi connectivity index (χ4n) is 5.32. The van der Waals surface area contributed by atoms with E-state index in [-0.39, 0.29) is 71.1 Å². The van der Waals surface area contributed by atoms with E-state index in [1.54, 1.807) is 23.6 Å². The number of carbonyl (C=O) groups excluding carboxylic acids is 1. The highest BCUT2D eigenvalue weighted by Gasteiger charge is 2.31. The molecule has 0 aliphatic carbocycles. The van der Waals surface area contributed by atoms with Crippen LogP contribution in [0.25, 0.3) is 28.0 Å². The van der Waals surface area contributed by atoms with Crippen LogP contribution >= 0.6 is 0 Å². The van der Waals surface area contributed by atoms with E-state index < -0.39 is 44.2 Å². The number of aromatic hydroxyl groups is 1. The van der Waals surface area contributed by atoms with Gasteiger partial charge >= 0.3 is 5.69 Å². The van der Waals surface area contributed by atoms with Gasteiger partial charge in [-0.1, -0.05) is 19.6 Å². The largest absolute Gasteiger partial charge is 0.507 e. The number of nitrogens with zero attached hydrogens (tertiary/aromatic N) is 6. The van der Waals surface area contributed by atoms with E-state index in [0.29, 0.717) is 0 Å². The number of halogens is 2. The van der Waals surface area contributed by atoms with Crippen LogP contribution in [0.3, 0.4) is 0 Å². The summed E-state index contributed by atoms with van der Waals surface area (Å²) in [6.45, 7) is 7.79. The lowest BCUT2D eigenvalue weighted by atomic mass is 10.1. The van der Waals surface area contributed by atoms with Gasteiger partial charge in [-0.05, 0) is 43.7 Å². The number of hydrogen-bond acceptors (Lipinski definition) is 9. The van der Waals surface area contributed by atoms with Crippen molar-refractivity contribution in [1.29, 1.82) is 0 Å². The zero-order valence-corrected chi connectivity index (χ0v) is 24.4. The maximum absolute atomic E-state index is 15.8. The summed E-state index contributed by atoms with van der Waals surface area (Å²) in [5.41, 5.74) is -2.17. The van der Waals surface area contributed by atoms with Crippen molar-refractivity contribution in [3.8, 4) is 22.7 Å². The third-order valence-corrected chi connectivity index (χ3v) is 8.47. The SMILES string of the molecule is C=CC(=O)N1CCN(c2nc(=O)n(-c3c(S(C)(=O)=O)ccnc3CC)c3nc(-c4c(O)cccc4F)c(F)cc23)[C@@H](C)C1. The van der Waals surface area contributed by atoms with E-state index in [2.05, 4.69) is 21.5 Å². The molecule has 1 N–H and O–H groups in total. The van der Waals surface area contributed by atoms with Gasteiger partial charge < -0.3 is 14.9 Å². The van der Waals surface area contributed by atoms with Gasteiger partial charge in [0.05, 0.1) is 27.2 Å². The van der Waals surface area contributed by atoms with Crippen LogP contribution in [-0.2, 0) is 21.1 Å². The number of rotatable bonds is 6. The molecule has 3 aromatic heterocycles. The van der Waals surface area contributed by atoms with E-state index >= 15 is 4.39 Å². The van der Waals surface area contributed by atoms with Gasteiger partial charge in [0.25, 0.3) is 0 Å². The van der Waals surface area contributed by atoms with Crippen molar-refractivity contribution in [2.45, 2.75) is 31.2 Å². The Balaban J connectivity index is 1.88. The van der Waals surface area contributed by atoms with Crippen molar-refractivity contribution in [2.24, 2.45) is 0 Å². The highest BCUT2D eigenvalue weighted by atomic mass is 32.2. The smallest absolute Gasteiger partial charge is 0.355 e. The molecular formula is C29H28F2N6O5S. The van der Waals surface area contributed by atoms with Crippen LogP contribution in [0.15, 0.2) is 58.9 Å². The monoisotopic (exact) mass is 610 g/mol. The average Bonchev–Trinajstić information content (AvgIpc) is 2.96. The quantitative estimate of drug-likeness (QED) is 0.327. The number of fused-ring (bicyclic) bond motifs is 1. The van der Waals surface area contributed by atoms with E-state index in [0.717, 1.165) is 23.0 Å². The van der Waals surface area contributed by atoms with Crippen LogP contribution < -0.4 is 10.6 Å². The molecule has 43 heavy (non-hydrogen) atoms. The van der Waals surface area contributed by atoms with Crippen LogP contribution in [0.1, 0.15) is 19.5 Å². The summed E-state index contributed by atoms with van der Waals surface area (Å²) in [4.78, 5) is 42.1. The van der Waals surface area contributed by atoms with Crippen molar-refractivity contribution in [3.63, 3.8) is 0 Å². The third-order valence-electron chi connectivity index (χ3n) is 7.34. The average molecular weight is 611 g/mol. The number of benzene rings is 1. The maximum atomic E-state index is 15.8. The van der Waals surface area contributed by atoms with Gasteiger partial charge in [-0.2, -0.15) is 4.98 Å². The molecular weight excluding hydrogens is 582 g/mol. The second-order valence-electron chi connectivity index (χ2n) is 10.1. The lowest BCUT2D eigenvalue weighted by molar-refractivity contribution is -0.126. The van der Waals surface area contributed by atoms with Crippen molar-refractivity contribution in [2.75, 3.05) is 30.8 Å². The van der Waals surface area contributed by atoms with E-state index in [4.69, 9.17) is 0 Å². The molecule has 4 aromatic rings. The molecule has 1 atom stereocenters. The summed E-state index contributed by atoms with van der Waals surface area (Å²) in [5, 5.41) is 10.5. The molecule has 11 nitrogen and oxygen atoms in total.